The topological polar surface area (TPSA) is 69.1 Å². The Labute approximate surface area is 98.7 Å². The summed E-state index contributed by atoms with van der Waals surface area (Å²) >= 11 is 2.93. The number of carbonyl (C=O) groups is 1. The van der Waals surface area contributed by atoms with E-state index in [1.807, 2.05) is 0 Å². The molecule has 0 heterocycles. The van der Waals surface area contributed by atoms with Crippen molar-refractivity contribution < 1.29 is 18.0 Å². The van der Waals surface area contributed by atoms with Gasteiger partial charge in [-0.05, 0) is 18.2 Å². The van der Waals surface area contributed by atoms with Crippen LogP contribution in [0, 0.1) is 0 Å². The van der Waals surface area contributed by atoms with Crippen molar-refractivity contribution in [1.82, 2.24) is 0 Å². The Hall–Kier alpha value is -1.24. The molecule has 4 N–H and O–H groups in total. The molecule has 0 fully saturated rings. The first-order valence-corrected chi connectivity index (χ1v) is 4.81. The van der Waals surface area contributed by atoms with Gasteiger partial charge < -0.3 is 11.5 Å². The van der Waals surface area contributed by atoms with E-state index in [9.17, 15) is 18.0 Å². The number of carbonyl (C=O) groups excluding carboxylic acids is 1. The first-order chi connectivity index (χ1) is 7.12. The number of hydrogen-bond donors (Lipinski definition) is 2. The standard InChI is InChI=1S/C7H5BrF3N.C2H5NO/c8-5-1-4(7(9,10)11)2-6(12)3-5;1-2(3)4/h1-3H,12H2;1H3,(H2,3,4). The maximum absolute atomic E-state index is 12.1. The highest BCUT2D eigenvalue weighted by Gasteiger charge is 2.30. The Balaban J connectivity index is 0.000000487. The highest BCUT2D eigenvalue weighted by atomic mass is 79.9. The summed E-state index contributed by atoms with van der Waals surface area (Å²) in [5.41, 5.74) is 9.05. The number of nitrogens with two attached hydrogens (primary N) is 2. The second-order valence-corrected chi connectivity index (χ2v) is 3.80. The molecule has 0 aliphatic carbocycles. The van der Waals surface area contributed by atoms with Gasteiger partial charge in [0.1, 0.15) is 0 Å². The van der Waals surface area contributed by atoms with Gasteiger partial charge in [0, 0.05) is 17.1 Å². The zero-order valence-corrected chi connectivity index (χ0v) is 9.89. The first kappa shape index (κ1) is 14.8. The molecule has 1 amide bonds. The molecule has 1 rings (SSSR count). The van der Waals surface area contributed by atoms with Crippen LogP contribution in [0.5, 0.6) is 0 Å². The number of amides is 1. The van der Waals surface area contributed by atoms with Crippen LogP contribution in [0.2, 0.25) is 0 Å². The number of primary amides is 1. The fourth-order valence-electron chi connectivity index (χ4n) is 0.776. The van der Waals surface area contributed by atoms with Crippen molar-refractivity contribution in [2.45, 2.75) is 13.1 Å². The second-order valence-electron chi connectivity index (χ2n) is 2.88. The van der Waals surface area contributed by atoms with E-state index in [1.165, 1.54) is 13.0 Å². The largest absolute Gasteiger partial charge is 0.416 e. The quantitative estimate of drug-likeness (QED) is 0.723. The number of hydrogen-bond acceptors (Lipinski definition) is 2. The normalized spacial score (nSPS) is 10.3. The second kappa shape index (κ2) is 5.74. The Morgan fingerprint density at radius 2 is 1.75 bits per heavy atom. The zero-order valence-electron chi connectivity index (χ0n) is 8.31. The highest BCUT2D eigenvalue weighted by Crippen LogP contribution is 2.32. The molecule has 0 radical (unpaired) electrons. The summed E-state index contributed by atoms with van der Waals surface area (Å²) in [5, 5.41) is 0. The van der Waals surface area contributed by atoms with Gasteiger partial charge in [-0.1, -0.05) is 15.9 Å². The Bertz CT molecular complexity index is 355. The third-order valence-electron chi connectivity index (χ3n) is 1.25. The monoisotopic (exact) mass is 298 g/mol. The first-order valence-electron chi connectivity index (χ1n) is 4.02. The van der Waals surface area contributed by atoms with Gasteiger partial charge in [-0.2, -0.15) is 13.2 Å². The summed E-state index contributed by atoms with van der Waals surface area (Å²) < 4.78 is 36.5. The van der Waals surface area contributed by atoms with E-state index < -0.39 is 11.7 Å². The summed E-state index contributed by atoms with van der Waals surface area (Å²) in [6, 6.07) is 3.29. The van der Waals surface area contributed by atoms with Crippen LogP contribution in [-0.4, -0.2) is 5.91 Å². The molecule has 0 saturated heterocycles. The SMILES string of the molecule is CC(N)=O.Nc1cc(Br)cc(C(F)(F)F)c1. The van der Waals surface area contributed by atoms with Crippen LogP contribution in [0.3, 0.4) is 0 Å². The molecule has 0 spiro atoms. The molecule has 0 aliphatic rings. The molecule has 3 nitrogen and oxygen atoms in total. The molecule has 1 aromatic rings. The minimum Gasteiger partial charge on any atom is -0.399 e. The Morgan fingerprint density at radius 3 is 2.06 bits per heavy atom. The van der Waals surface area contributed by atoms with E-state index >= 15 is 0 Å². The lowest BCUT2D eigenvalue weighted by Gasteiger charge is -2.07. The van der Waals surface area contributed by atoms with Gasteiger partial charge in [-0.25, -0.2) is 0 Å². The fourth-order valence-corrected chi connectivity index (χ4v) is 1.29. The van der Waals surface area contributed by atoms with Crippen molar-refractivity contribution in [1.29, 1.82) is 0 Å². The Morgan fingerprint density at radius 1 is 1.31 bits per heavy atom. The molecule has 90 valence electrons. The van der Waals surface area contributed by atoms with Crippen molar-refractivity contribution in [2.75, 3.05) is 5.73 Å². The fraction of sp³-hybridized carbons (Fsp3) is 0.222. The summed E-state index contributed by atoms with van der Waals surface area (Å²) in [6.45, 7) is 1.31. The number of anilines is 1. The third kappa shape index (κ3) is 6.28. The Kier molecular flexibility index (Phi) is 5.29. The molecule has 0 unspecified atom stereocenters. The van der Waals surface area contributed by atoms with Crippen LogP contribution < -0.4 is 11.5 Å². The van der Waals surface area contributed by atoms with Crippen LogP contribution in [-0.2, 0) is 11.0 Å². The molecular formula is C9H10BrF3N2O. The van der Waals surface area contributed by atoms with E-state index in [2.05, 4.69) is 21.7 Å². The van der Waals surface area contributed by atoms with Crippen molar-refractivity contribution in [3.63, 3.8) is 0 Å². The number of rotatable bonds is 0. The number of alkyl halides is 3. The molecule has 0 atom stereocenters. The van der Waals surface area contributed by atoms with Crippen LogP contribution in [0.1, 0.15) is 12.5 Å². The molecule has 0 aromatic heterocycles. The van der Waals surface area contributed by atoms with E-state index in [0.29, 0.717) is 4.47 Å². The van der Waals surface area contributed by atoms with E-state index in [-0.39, 0.29) is 11.6 Å². The average molecular weight is 299 g/mol. The molecule has 0 saturated carbocycles. The van der Waals surface area contributed by atoms with E-state index in [0.717, 1.165) is 12.1 Å². The highest BCUT2D eigenvalue weighted by molar-refractivity contribution is 9.10. The van der Waals surface area contributed by atoms with Crippen LogP contribution in [0.15, 0.2) is 22.7 Å². The lowest BCUT2D eigenvalue weighted by atomic mass is 10.2. The molecule has 7 heteroatoms. The van der Waals surface area contributed by atoms with Crippen LogP contribution in [0.25, 0.3) is 0 Å². The van der Waals surface area contributed by atoms with Gasteiger partial charge in [0.15, 0.2) is 0 Å². The number of nitrogen functional groups attached to an aromatic ring is 1. The minimum atomic E-state index is -4.34. The van der Waals surface area contributed by atoms with Crippen LogP contribution >= 0.6 is 15.9 Å². The van der Waals surface area contributed by atoms with E-state index in [1.54, 1.807) is 0 Å². The molecule has 1 aromatic carbocycles. The summed E-state index contributed by atoms with van der Waals surface area (Å²) in [6.07, 6.45) is -4.34. The summed E-state index contributed by atoms with van der Waals surface area (Å²) in [7, 11) is 0. The minimum absolute atomic E-state index is 0.0942. The number of benzene rings is 1. The third-order valence-corrected chi connectivity index (χ3v) is 1.71. The van der Waals surface area contributed by atoms with Gasteiger partial charge in [-0.15, -0.1) is 0 Å². The lowest BCUT2D eigenvalue weighted by Crippen LogP contribution is -2.05. The van der Waals surface area contributed by atoms with Gasteiger partial charge in [0.05, 0.1) is 5.56 Å². The van der Waals surface area contributed by atoms with Crippen molar-refractivity contribution in [3.05, 3.63) is 28.2 Å². The van der Waals surface area contributed by atoms with Gasteiger partial charge >= 0.3 is 6.18 Å². The predicted molar refractivity (Wildman–Crippen MR) is 58.4 cm³/mol. The molecule has 16 heavy (non-hydrogen) atoms. The maximum atomic E-state index is 12.1. The number of halogens is 4. The molecule has 0 aliphatic heterocycles. The van der Waals surface area contributed by atoms with Crippen molar-refractivity contribution in [2.24, 2.45) is 5.73 Å². The molecule has 0 bridgehead atoms. The van der Waals surface area contributed by atoms with Crippen LogP contribution in [0.4, 0.5) is 18.9 Å². The zero-order chi connectivity index (χ0) is 12.9. The smallest absolute Gasteiger partial charge is 0.399 e. The van der Waals surface area contributed by atoms with Gasteiger partial charge in [0.25, 0.3) is 0 Å². The van der Waals surface area contributed by atoms with Gasteiger partial charge in [-0.3, -0.25) is 4.79 Å². The lowest BCUT2D eigenvalue weighted by molar-refractivity contribution is -0.137. The average Bonchev–Trinajstić information content (AvgIpc) is 1.98. The summed E-state index contributed by atoms with van der Waals surface area (Å²) in [5.74, 6) is -0.333. The summed E-state index contributed by atoms with van der Waals surface area (Å²) in [4.78, 5) is 9.22. The van der Waals surface area contributed by atoms with Crippen molar-refractivity contribution in [3.8, 4) is 0 Å². The molecular weight excluding hydrogens is 289 g/mol. The van der Waals surface area contributed by atoms with E-state index in [4.69, 9.17) is 5.73 Å². The van der Waals surface area contributed by atoms with Gasteiger partial charge in [0.2, 0.25) is 5.91 Å². The van der Waals surface area contributed by atoms with Crippen molar-refractivity contribution >= 4 is 27.5 Å². The maximum Gasteiger partial charge on any atom is 0.416 e. The predicted octanol–water partition coefficient (Wildman–Crippen LogP) is 2.54.